The van der Waals surface area contributed by atoms with Gasteiger partial charge >= 0.3 is 5.97 Å². The van der Waals surface area contributed by atoms with Gasteiger partial charge < -0.3 is 9.84 Å². The predicted molar refractivity (Wildman–Crippen MR) is 72.6 cm³/mol. The summed E-state index contributed by atoms with van der Waals surface area (Å²) in [5, 5.41) is 19.5. The molecular weight excluding hydrogens is 270 g/mol. The number of methoxy groups -OCH3 is 1. The van der Waals surface area contributed by atoms with E-state index < -0.39 is 16.8 Å². The van der Waals surface area contributed by atoms with Gasteiger partial charge in [-0.2, -0.15) is 11.8 Å². The van der Waals surface area contributed by atoms with Gasteiger partial charge in [0.25, 0.3) is 5.69 Å². The molecule has 0 fully saturated rings. The molecule has 0 spiro atoms. The van der Waals surface area contributed by atoms with Crippen LogP contribution >= 0.6 is 11.8 Å². The van der Waals surface area contributed by atoms with Crippen molar-refractivity contribution in [3.05, 3.63) is 33.9 Å². The van der Waals surface area contributed by atoms with E-state index in [9.17, 15) is 14.9 Å². The Bertz CT molecular complexity index is 477. The number of benzene rings is 1. The molecule has 0 aromatic heterocycles. The second-order valence-electron chi connectivity index (χ2n) is 4.05. The average molecular weight is 285 g/mol. The summed E-state index contributed by atoms with van der Waals surface area (Å²) >= 11 is 1.42. The van der Waals surface area contributed by atoms with E-state index in [1.807, 2.05) is 0 Å². The van der Waals surface area contributed by atoms with E-state index in [4.69, 9.17) is 9.84 Å². The first kappa shape index (κ1) is 15.3. The van der Waals surface area contributed by atoms with Crippen molar-refractivity contribution in [3.63, 3.8) is 0 Å². The topological polar surface area (TPSA) is 89.7 Å². The van der Waals surface area contributed by atoms with Crippen molar-refractivity contribution < 1.29 is 19.6 Å². The summed E-state index contributed by atoms with van der Waals surface area (Å²) < 4.78 is 5.00. The van der Waals surface area contributed by atoms with E-state index in [1.165, 1.54) is 31.0 Å². The molecule has 0 heterocycles. The minimum atomic E-state index is -0.843. The number of hydrogen-bond acceptors (Lipinski definition) is 5. The number of nitro groups is 1. The third-order valence-electron chi connectivity index (χ3n) is 2.46. The van der Waals surface area contributed by atoms with Gasteiger partial charge in [0.15, 0.2) is 0 Å². The number of carbonyl (C=O) groups is 1. The molecule has 7 heteroatoms. The monoisotopic (exact) mass is 285 g/mol. The Morgan fingerprint density at radius 2 is 2.21 bits per heavy atom. The molecule has 0 saturated heterocycles. The molecule has 1 atom stereocenters. The third kappa shape index (κ3) is 4.78. The quantitative estimate of drug-likeness (QED) is 0.611. The van der Waals surface area contributed by atoms with Crippen LogP contribution in [0.15, 0.2) is 18.2 Å². The second kappa shape index (κ2) is 6.98. The van der Waals surface area contributed by atoms with E-state index in [0.717, 1.165) is 5.56 Å². The van der Waals surface area contributed by atoms with Crippen LogP contribution in [0.5, 0.6) is 5.75 Å². The maximum absolute atomic E-state index is 10.8. The van der Waals surface area contributed by atoms with Crippen LogP contribution in [0.3, 0.4) is 0 Å². The van der Waals surface area contributed by atoms with Crippen molar-refractivity contribution in [1.82, 2.24) is 0 Å². The number of nitro benzene ring substituents is 1. The highest BCUT2D eigenvalue weighted by Gasteiger charge is 2.13. The minimum Gasteiger partial charge on any atom is -0.496 e. The standard InChI is InChI=1S/C12H15NO5S/c1-8(12(14)15)6-19-7-9-3-10(13(16)17)5-11(4-9)18-2/h3-5,8H,6-7H2,1-2H3,(H,14,15). The summed E-state index contributed by atoms with van der Waals surface area (Å²) in [5.41, 5.74) is 0.717. The van der Waals surface area contributed by atoms with Gasteiger partial charge in [0.05, 0.1) is 24.0 Å². The van der Waals surface area contributed by atoms with Gasteiger partial charge in [-0.25, -0.2) is 0 Å². The number of nitrogens with zero attached hydrogens (tertiary/aromatic N) is 1. The van der Waals surface area contributed by atoms with Crippen LogP contribution < -0.4 is 4.74 Å². The van der Waals surface area contributed by atoms with Gasteiger partial charge in [0, 0.05) is 17.6 Å². The zero-order chi connectivity index (χ0) is 14.4. The van der Waals surface area contributed by atoms with E-state index >= 15 is 0 Å². The van der Waals surface area contributed by atoms with Crippen molar-refractivity contribution in [2.75, 3.05) is 12.9 Å². The molecular formula is C12H15NO5S. The lowest BCUT2D eigenvalue weighted by molar-refractivity contribution is -0.385. The lowest BCUT2D eigenvalue weighted by atomic mass is 10.2. The average Bonchev–Trinajstić information content (AvgIpc) is 2.37. The van der Waals surface area contributed by atoms with Gasteiger partial charge in [-0.15, -0.1) is 0 Å². The fourth-order valence-corrected chi connectivity index (χ4v) is 2.39. The zero-order valence-corrected chi connectivity index (χ0v) is 11.5. The molecule has 0 radical (unpaired) electrons. The molecule has 6 nitrogen and oxygen atoms in total. The number of thioether (sulfide) groups is 1. The van der Waals surface area contributed by atoms with Crippen LogP contribution in [0.4, 0.5) is 5.69 Å². The summed E-state index contributed by atoms with van der Waals surface area (Å²) in [6.45, 7) is 1.63. The van der Waals surface area contributed by atoms with Crippen LogP contribution in [-0.2, 0) is 10.5 Å². The summed E-state index contributed by atoms with van der Waals surface area (Å²) in [7, 11) is 1.45. The fraction of sp³-hybridized carbons (Fsp3) is 0.417. The molecule has 0 bridgehead atoms. The Balaban J connectivity index is 2.70. The molecule has 0 aliphatic heterocycles. The van der Waals surface area contributed by atoms with Crippen molar-refractivity contribution in [2.45, 2.75) is 12.7 Å². The summed E-state index contributed by atoms with van der Waals surface area (Å²) in [5.74, 6) is 0.113. The largest absolute Gasteiger partial charge is 0.496 e. The van der Waals surface area contributed by atoms with Crippen molar-refractivity contribution in [3.8, 4) is 5.75 Å². The number of aliphatic carboxylic acids is 1. The van der Waals surface area contributed by atoms with E-state index in [-0.39, 0.29) is 5.69 Å². The lowest BCUT2D eigenvalue weighted by Gasteiger charge is -2.07. The molecule has 1 aromatic rings. The van der Waals surface area contributed by atoms with Gasteiger partial charge in [-0.1, -0.05) is 6.92 Å². The first-order chi connectivity index (χ1) is 8.93. The van der Waals surface area contributed by atoms with E-state index in [2.05, 4.69) is 0 Å². The molecule has 104 valence electrons. The van der Waals surface area contributed by atoms with Crippen LogP contribution in [0.25, 0.3) is 0 Å². The smallest absolute Gasteiger partial charge is 0.307 e. The van der Waals surface area contributed by atoms with Gasteiger partial charge in [0.2, 0.25) is 0 Å². The minimum absolute atomic E-state index is 0.0266. The maximum Gasteiger partial charge on any atom is 0.307 e. The third-order valence-corrected chi connectivity index (χ3v) is 3.73. The van der Waals surface area contributed by atoms with Crippen LogP contribution in [0.2, 0.25) is 0 Å². The normalized spacial score (nSPS) is 11.9. The maximum atomic E-state index is 10.8. The molecule has 0 aliphatic rings. The first-order valence-corrected chi connectivity index (χ1v) is 6.72. The Labute approximate surface area is 114 Å². The number of non-ortho nitro benzene ring substituents is 1. The molecule has 19 heavy (non-hydrogen) atoms. The van der Waals surface area contributed by atoms with Crippen molar-refractivity contribution >= 4 is 23.4 Å². The Morgan fingerprint density at radius 3 is 2.74 bits per heavy atom. The van der Waals surface area contributed by atoms with Crippen molar-refractivity contribution in [2.24, 2.45) is 5.92 Å². The molecule has 0 aliphatic carbocycles. The summed E-state index contributed by atoms with van der Waals surface area (Å²) in [4.78, 5) is 20.9. The predicted octanol–water partition coefficient (Wildman–Crippen LogP) is 2.56. The van der Waals surface area contributed by atoms with Crippen LogP contribution in [0.1, 0.15) is 12.5 Å². The fourth-order valence-electron chi connectivity index (χ4n) is 1.37. The summed E-state index contributed by atoms with van der Waals surface area (Å²) in [6, 6.07) is 4.54. The Hall–Kier alpha value is -1.76. The zero-order valence-electron chi connectivity index (χ0n) is 10.7. The molecule has 1 aromatic carbocycles. The molecule has 1 N–H and O–H groups in total. The highest BCUT2D eigenvalue weighted by molar-refractivity contribution is 7.98. The van der Waals surface area contributed by atoms with Crippen LogP contribution in [0, 0.1) is 16.0 Å². The second-order valence-corrected chi connectivity index (χ2v) is 5.08. The number of carboxylic acid groups (broad SMARTS) is 1. The Morgan fingerprint density at radius 1 is 1.53 bits per heavy atom. The lowest BCUT2D eigenvalue weighted by Crippen LogP contribution is -2.11. The van der Waals surface area contributed by atoms with Gasteiger partial charge in [-0.3, -0.25) is 14.9 Å². The highest BCUT2D eigenvalue weighted by Crippen LogP contribution is 2.25. The van der Waals surface area contributed by atoms with Crippen LogP contribution in [-0.4, -0.2) is 28.9 Å². The molecule has 0 saturated carbocycles. The molecule has 1 rings (SSSR count). The number of ether oxygens (including phenoxy) is 1. The van der Waals surface area contributed by atoms with Gasteiger partial charge in [-0.05, 0) is 11.6 Å². The number of rotatable bonds is 7. The highest BCUT2D eigenvalue weighted by atomic mass is 32.2. The van der Waals surface area contributed by atoms with E-state index in [1.54, 1.807) is 13.0 Å². The Kier molecular flexibility index (Phi) is 5.62. The number of hydrogen-bond donors (Lipinski definition) is 1. The summed E-state index contributed by atoms with van der Waals surface area (Å²) in [6.07, 6.45) is 0. The first-order valence-electron chi connectivity index (χ1n) is 5.57. The van der Waals surface area contributed by atoms with Gasteiger partial charge in [0.1, 0.15) is 5.75 Å². The molecule has 1 unspecified atom stereocenters. The van der Waals surface area contributed by atoms with Crippen molar-refractivity contribution in [1.29, 1.82) is 0 Å². The molecule has 0 amide bonds. The number of carboxylic acids is 1. The SMILES string of the molecule is COc1cc(CSCC(C)C(=O)O)cc([N+](=O)[O-])c1. The van der Waals surface area contributed by atoms with E-state index in [0.29, 0.717) is 17.3 Å².